The van der Waals surface area contributed by atoms with Crippen LogP contribution in [0.25, 0.3) is 0 Å². The highest BCUT2D eigenvalue weighted by atomic mass is 35.5. The van der Waals surface area contributed by atoms with Gasteiger partial charge in [0.05, 0.1) is 0 Å². The fourth-order valence-corrected chi connectivity index (χ4v) is 3.22. The molecule has 2 aliphatic heterocycles. The molecular weight excluding hydrogens is 330 g/mol. The Kier molecular flexibility index (Phi) is 5.85. The second-order valence-electron chi connectivity index (χ2n) is 6.34. The van der Waals surface area contributed by atoms with Crippen molar-refractivity contribution in [2.75, 3.05) is 30.0 Å². The summed E-state index contributed by atoms with van der Waals surface area (Å²) in [5.74, 6) is -0.120. The van der Waals surface area contributed by atoms with Crippen molar-refractivity contribution in [1.82, 2.24) is 0 Å². The number of nitrogens with one attached hydrogen (secondary N) is 1. The van der Waals surface area contributed by atoms with Gasteiger partial charge in [-0.2, -0.15) is 0 Å². The Balaban J connectivity index is 0.00000208. The Morgan fingerprint density at radius 3 is 2.67 bits per heavy atom. The molecule has 2 aliphatic rings. The number of amides is 2. The van der Waals surface area contributed by atoms with E-state index in [1.165, 1.54) is 0 Å². The van der Waals surface area contributed by atoms with E-state index in [0.29, 0.717) is 26.1 Å². The van der Waals surface area contributed by atoms with Gasteiger partial charge in [0.1, 0.15) is 5.54 Å². The number of nitrogens with two attached hydrogens (primary N) is 1. The number of halogens is 1. The molecule has 3 N–H and O–H groups in total. The van der Waals surface area contributed by atoms with Crippen molar-refractivity contribution in [2.45, 2.75) is 38.1 Å². The van der Waals surface area contributed by atoms with E-state index in [-0.39, 0.29) is 24.2 Å². The molecule has 0 aliphatic carbocycles. The predicted octanol–water partition coefficient (Wildman–Crippen LogP) is 1.85. The van der Waals surface area contributed by atoms with Gasteiger partial charge >= 0.3 is 0 Å². The minimum Gasteiger partial charge on any atom is -0.381 e. The maximum Gasteiger partial charge on any atom is 0.244 e. The monoisotopic (exact) mass is 353 g/mol. The Hall–Kier alpha value is -1.63. The summed E-state index contributed by atoms with van der Waals surface area (Å²) in [5.41, 5.74) is 8.10. The zero-order chi connectivity index (χ0) is 16.4. The summed E-state index contributed by atoms with van der Waals surface area (Å²) in [6.45, 7) is 3.36. The topological polar surface area (TPSA) is 84.7 Å². The molecule has 1 fully saturated rings. The van der Waals surface area contributed by atoms with Gasteiger partial charge in [0.15, 0.2) is 0 Å². The molecule has 1 saturated heterocycles. The smallest absolute Gasteiger partial charge is 0.244 e. The van der Waals surface area contributed by atoms with Gasteiger partial charge in [0, 0.05) is 38.1 Å². The first-order valence-corrected chi connectivity index (χ1v) is 8.09. The van der Waals surface area contributed by atoms with E-state index in [9.17, 15) is 9.59 Å². The van der Waals surface area contributed by atoms with E-state index in [2.05, 4.69) is 5.32 Å². The number of hydrogen-bond acceptors (Lipinski definition) is 4. The molecule has 0 atom stereocenters. The average Bonchev–Trinajstić information content (AvgIpc) is 2.54. The first-order chi connectivity index (χ1) is 11.0. The summed E-state index contributed by atoms with van der Waals surface area (Å²) in [4.78, 5) is 26.0. The number of fused-ring (bicyclic) bond motifs is 1. The van der Waals surface area contributed by atoms with Crippen molar-refractivity contribution in [3.63, 3.8) is 0 Å². The highest BCUT2D eigenvalue weighted by Gasteiger charge is 2.36. The van der Waals surface area contributed by atoms with Gasteiger partial charge in [-0.3, -0.25) is 9.59 Å². The van der Waals surface area contributed by atoms with E-state index >= 15 is 0 Å². The Morgan fingerprint density at radius 2 is 2.00 bits per heavy atom. The number of anilines is 2. The van der Waals surface area contributed by atoms with Crippen LogP contribution >= 0.6 is 12.4 Å². The molecule has 132 valence electrons. The van der Waals surface area contributed by atoms with Crippen LogP contribution < -0.4 is 16.0 Å². The van der Waals surface area contributed by atoms with Crippen LogP contribution in [0.15, 0.2) is 18.2 Å². The fourth-order valence-electron chi connectivity index (χ4n) is 3.22. The summed E-state index contributed by atoms with van der Waals surface area (Å²) in [5, 5.41) is 2.92. The zero-order valence-corrected chi connectivity index (χ0v) is 14.7. The second kappa shape index (κ2) is 7.51. The maximum absolute atomic E-state index is 12.5. The highest BCUT2D eigenvalue weighted by molar-refractivity contribution is 5.99. The summed E-state index contributed by atoms with van der Waals surface area (Å²) in [6, 6.07) is 5.68. The van der Waals surface area contributed by atoms with Gasteiger partial charge in [-0.05, 0) is 49.4 Å². The van der Waals surface area contributed by atoms with Crippen molar-refractivity contribution in [2.24, 2.45) is 5.73 Å². The molecule has 0 spiro atoms. The molecule has 2 heterocycles. The lowest BCUT2D eigenvalue weighted by atomic mass is 9.90. The lowest BCUT2D eigenvalue weighted by molar-refractivity contribution is -0.124. The molecule has 0 radical (unpaired) electrons. The minimum absolute atomic E-state index is 0. The first-order valence-electron chi connectivity index (χ1n) is 8.09. The predicted molar refractivity (Wildman–Crippen MR) is 95.6 cm³/mol. The third kappa shape index (κ3) is 3.71. The van der Waals surface area contributed by atoms with Crippen LogP contribution in [-0.2, 0) is 20.7 Å². The van der Waals surface area contributed by atoms with Crippen LogP contribution in [0.5, 0.6) is 0 Å². The van der Waals surface area contributed by atoms with Crippen LogP contribution in [0.3, 0.4) is 0 Å². The van der Waals surface area contributed by atoms with Crippen LogP contribution in [0.1, 0.15) is 31.7 Å². The van der Waals surface area contributed by atoms with Gasteiger partial charge in [0.25, 0.3) is 0 Å². The van der Waals surface area contributed by atoms with Crippen LogP contribution in [0.2, 0.25) is 0 Å². The largest absolute Gasteiger partial charge is 0.381 e. The van der Waals surface area contributed by atoms with Crippen molar-refractivity contribution >= 4 is 35.6 Å². The number of aryl methyl sites for hydroxylation is 1. The molecule has 0 saturated carbocycles. The fraction of sp³-hybridized carbons (Fsp3) is 0.529. The first kappa shape index (κ1) is 18.7. The van der Waals surface area contributed by atoms with Crippen LogP contribution in [0, 0.1) is 0 Å². The number of rotatable bonds is 2. The SMILES string of the molecule is CC(=O)N1CCCc2cc(NC(=O)C3(N)CCOCC3)ccc21.Cl. The molecule has 6 nitrogen and oxygen atoms in total. The molecule has 24 heavy (non-hydrogen) atoms. The standard InChI is InChI=1S/C17H23N3O3.ClH/c1-12(21)20-8-2-3-13-11-14(4-5-15(13)20)19-16(22)17(18)6-9-23-10-7-17;/h4-5,11H,2-3,6-10,18H2,1H3,(H,19,22);1H. The van der Waals surface area contributed by atoms with E-state index < -0.39 is 5.54 Å². The number of hydrogen-bond donors (Lipinski definition) is 2. The van der Waals surface area contributed by atoms with E-state index in [1.54, 1.807) is 11.8 Å². The molecule has 0 bridgehead atoms. The normalized spacial score (nSPS) is 19.0. The summed E-state index contributed by atoms with van der Waals surface area (Å²) >= 11 is 0. The number of carbonyl (C=O) groups is 2. The Morgan fingerprint density at radius 1 is 1.29 bits per heavy atom. The molecule has 0 aromatic heterocycles. The van der Waals surface area contributed by atoms with Crippen molar-refractivity contribution in [3.05, 3.63) is 23.8 Å². The lowest BCUT2D eigenvalue weighted by Crippen LogP contribution is -2.54. The summed E-state index contributed by atoms with van der Waals surface area (Å²) < 4.78 is 5.28. The third-order valence-electron chi connectivity index (χ3n) is 4.67. The van der Waals surface area contributed by atoms with Gasteiger partial charge in [-0.25, -0.2) is 0 Å². The number of benzene rings is 1. The third-order valence-corrected chi connectivity index (χ3v) is 4.67. The summed E-state index contributed by atoms with van der Waals surface area (Å²) in [7, 11) is 0. The molecule has 2 amide bonds. The van der Waals surface area contributed by atoms with Crippen molar-refractivity contribution < 1.29 is 14.3 Å². The molecular formula is C17H24ClN3O3. The second-order valence-corrected chi connectivity index (χ2v) is 6.34. The maximum atomic E-state index is 12.5. The number of ether oxygens (including phenoxy) is 1. The Bertz CT molecular complexity index is 630. The molecule has 3 rings (SSSR count). The molecule has 7 heteroatoms. The minimum atomic E-state index is -0.862. The molecule has 1 aromatic carbocycles. The summed E-state index contributed by atoms with van der Waals surface area (Å²) in [6.07, 6.45) is 2.90. The van der Waals surface area contributed by atoms with Crippen molar-refractivity contribution in [1.29, 1.82) is 0 Å². The van der Waals surface area contributed by atoms with Gasteiger partial charge in [-0.1, -0.05) is 0 Å². The van der Waals surface area contributed by atoms with Crippen LogP contribution in [-0.4, -0.2) is 37.1 Å². The molecule has 0 unspecified atom stereocenters. The van der Waals surface area contributed by atoms with E-state index in [0.717, 1.165) is 36.3 Å². The van der Waals surface area contributed by atoms with Gasteiger partial charge in [-0.15, -0.1) is 12.4 Å². The Labute approximate surface area is 148 Å². The van der Waals surface area contributed by atoms with Crippen molar-refractivity contribution in [3.8, 4) is 0 Å². The van der Waals surface area contributed by atoms with E-state index in [1.807, 2.05) is 18.2 Å². The quantitative estimate of drug-likeness (QED) is 0.849. The van der Waals surface area contributed by atoms with Gasteiger partial charge < -0.3 is 20.7 Å². The van der Waals surface area contributed by atoms with Gasteiger partial charge in [0.2, 0.25) is 11.8 Å². The lowest BCUT2D eigenvalue weighted by Gasteiger charge is -2.32. The van der Waals surface area contributed by atoms with Crippen LogP contribution in [0.4, 0.5) is 11.4 Å². The highest BCUT2D eigenvalue weighted by Crippen LogP contribution is 2.30. The number of carbonyl (C=O) groups excluding carboxylic acids is 2. The molecule has 1 aromatic rings. The zero-order valence-electron chi connectivity index (χ0n) is 13.8. The number of nitrogens with zero attached hydrogens (tertiary/aromatic N) is 1. The van der Waals surface area contributed by atoms with E-state index in [4.69, 9.17) is 10.5 Å². The average molecular weight is 354 g/mol.